The second-order valence-corrected chi connectivity index (χ2v) is 8.19. The van der Waals surface area contributed by atoms with Crippen molar-refractivity contribution in [2.75, 3.05) is 11.3 Å². The van der Waals surface area contributed by atoms with E-state index >= 15 is 0 Å². The number of hydrogen-bond donors (Lipinski definition) is 1. The zero-order chi connectivity index (χ0) is 18.2. The fraction of sp³-hybridized carbons (Fsp3) is 0.389. The van der Waals surface area contributed by atoms with Crippen LogP contribution in [0.4, 0.5) is 5.69 Å². The number of hydrogen-bond acceptors (Lipinski definition) is 3. The molecule has 25 heavy (non-hydrogen) atoms. The summed E-state index contributed by atoms with van der Waals surface area (Å²) in [6.45, 7) is 7.11. The lowest BCUT2D eigenvalue weighted by molar-refractivity contribution is 0.0649. The van der Waals surface area contributed by atoms with Crippen molar-refractivity contribution in [2.24, 2.45) is 0 Å². The normalized spacial score (nSPS) is 14.7. The molecule has 0 aliphatic carbocycles. The van der Waals surface area contributed by atoms with Crippen LogP contribution in [-0.2, 0) is 23.0 Å². The Hall–Kier alpha value is -2.28. The summed E-state index contributed by atoms with van der Waals surface area (Å²) in [6, 6.07) is 8.87. The molecule has 0 spiro atoms. The molecule has 0 saturated carbocycles. The number of amides is 1. The van der Waals surface area contributed by atoms with E-state index in [1.807, 2.05) is 39.0 Å². The van der Waals surface area contributed by atoms with Crippen LogP contribution in [0.25, 0.3) is 0 Å². The molecule has 134 valence electrons. The Kier molecular flexibility index (Phi) is 4.60. The number of carbonyl (C=O) groups is 1. The number of anilines is 1. The van der Waals surface area contributed by atoms with Gasteiger partial charge in [-0.15, -0.1) is 0 Å². The van der Waals surface area contributed by atoms with Gasteiger partial charge in [0.25, 0.3) is 15.9 Å². The van der Waals surface area contributed by atoms with Crippen molar-refractivity contribution in [1.82, 2.24) is 9.47 Å². The molecular formula is C18H23N3O3S. The summed E-state index contributed by atoms with van der Waals surface area (Å²) < 4.78 is 29.7. The van der Waals surface area contributed by atoms with E-state index in [-0.39, 0.29) is 16.8 Å². The van der Waals surface area contributed by atoms with Crippen molar-refractivity contribution < 1.29 is 13.2 Å². The standard InChI is InChI=1S/C18H23N3O3S/c1-4-14-6-5-7-15(10-14)19-25(23,24)16-11-17-18(22)21(13(2)3)9-8-20(17)12-16/h5-7,10-13,19H,4,8-9H2,1-3H3. The molecule has 1 aromatic heterocycles. The van der Waals surface area contributed by atoms with Gasteiger partial charge in [0.05, 0.1) is 0 Å². The van der Waals surface area contributed by atoms with Crippen LogP contribution in [-0.4, -0.2) is 36.4 Å². The minimum atomic E-state index is -3.74. The summed E-state index contributed by atoms with van der Waals surface area (Å²) in [5.74, 6) is -0.129. The van der Waals surface area contributed by atoms with Gasteiger partial charge in [-0.05, 0) is 44.0 Å². The molecule has 1 amide bonds. The highest BCUT2D eigenvalue weighted by Crippen LogP contribution is 2.23. The Labute approximate surface area is 148 Å². The molecule has 0 unspecified atom stereocenters. The zero-order valence-electron chi connectivity index (χ0n) is 14.7. The number of carbonyl (C=O) groups excluding carboxylic acids is 1. The fourth-order valence-corrected chi connectivity index (χ4v) is 4.11. The largest absolute Gasteiger partial charge is 0.340 e. The topological polar surface area (TPSA) is 71.4 Å². The van der Waals surface area contributed by atoms with Gasteiger partial charge in [0, 0.05) is 31.0 Å². The molecule has 1 N–H and O–H groups in total. The SMILES string of the molecule is CCc1cccc(NS(=O)(=O)c2cc3n(c2)CCN(C(C)C)C3=O)c1. The van der Waals surface area contributed by atoms with Gasteiger partial charge in [0.15, 0.2) is 0 Å². The molecular weight excluding hydrogens is 338 g/mol. The molecule has 6 nitrogen and oxygen atoms in total. The zero-order valence-corrected chi connectivity index (χ0v) is 15.5. The van der Waals surface area contributed by atoms with Crippen molar-refractivity contribution in [3.05, 3.63) is 47.8 Å². The van der Waals surface area contributed by atoms with Crippen molar-refractivity contribution in [3.63, 3.8) is 0 Å². The number of sulfonamides is 1. The molecule has 2 heterocycles. The lowest BCUT2D eigenvalue weighted by Crippen LogP contribution is -2.43. The number of aryl methyl sites for hydroxylation is 1. The minimum Gasteiger partial charge on any atom is -0.340 e. The summed E-state index contributed by atoms with van der Waals surface area (Å²) in [4.78, 5) is 14.4. The van der Waals surface area contributed by atoms with Gasteiger partial charge in [-0.3, -0.25) is 9.52 Å². The summed E-state index contributed by atoms with van der Waals surface area (Å²) in [5, 5.41) is 0. The van der Waals surface area contributed by atoms with E-state index < -0.39 is 10.0 Å². The van der Waals surface area contributed by atoms with Crippen LogP contribution < -0.4 is 4.72 Å². The quantitative estimate of drug-likeness (QED) is 0.890. The minimum absolute atomic E-state index is 0.0890. The molecule has 1 aromatic carbocycles. The third-order valence-electron chi connectivity index (χ3n) is 4.45. The van der Waals surface area contributed by atoms with Crippen molar-refractivity contribution in [1.29, 1.82) is 0 Å². The van der Waals surface area contributed by atoms with E-state index in [2.05, 4.69) is 4.72 Å². The van der Waals surface area contributed by atoms with E-state index in [9.17, 15) is 13.2 Å². The number of aromatic nitrogens is 1. The maximum absolute atomic E-state index is 12.7. The van der Waals surface area contributed by atoms with Gasteiger partial charge < -0.3 is 9.47 Å². The van der Waals surface area contributed by atoms with E-state index in [4.69, 9.17) is 0 Å². The monoisotopic (exact) mass is 361 g/mol. The van der Waals surface area contributed by atoms with Gasteiger partial charge >= 0.3 is 0 Å². The Morgan fingerprint density at radius 3 is 2.64 bits per heavy atom. The number of nitrogens with one attached hydrogen (secondary N) is 1. The Bertz CT molecular complexity index is 900. The summed E-state index contributed by atoms with van der Waals surface area (Å²) in [6.07, 6.45) is 2.37. The van der Waals surface area contributed by atoms with Crippen molar-refractivity contribution in [3.8, 4) is 0 Å². The maximum Gasteiger partial charge on any atom is 0.270 e. The third-order valence-corrected chi connectivity index (χ3v) is 5.80. The van der Waals surface area contributed by atoms with Crippen LogP contribution in [0.3, 0.4) is 0 Å². The highest BCUT2D eigenvalue weighted by Gasteiger charge is 2.29. The van der Waals surface area contributed by atoms with Gasteiger partial charge in [-0.25, -0.2) is 8.42 Å². The van der Waals surface area contributed by atoms with Crippen LogP contribution in [0.2, 0.25) is 0 Å². The smallest absolute Gasteiger partial charge is 0.270 e. The summed E-state index contributed by atoms with van der Waals surface area (Å²) >= 11 is 0. The lowest BCUT2D eigenvalue weighted by Gasteiger charge is -2.31. The molecule has 0 fully saturated rings. The first kappa shape index (κ1) is 17.5. The predicted molar refractivity (Wildman–Crippen MR) is 97.2 cm³/mol. The Morgan fingerprint density at radius 2 is 1.96 bits per heavy atom. The van der Waals surface area contributed by atoms with Crippen LogP contribution >= 0.6 is 0 Å². The number of rotatable bonds is 5. The fourth-order valence-electron chi connectivity index (χ4n) is 3.02. The molecule has 0 bridgehead atoms. The van der Waals surface area contributed by atoms with Crippen LogP contribution in [0.1, 0.15) is 36.8 Å². The van der Waals surface area contributed by atoms with Gasteiger partial charge in [0.2, 0.25) is 0 Å². The van der Waals surface area contributed by atoms with Gasteiger partial charge in [-0.1, -0.05) is 19.1 Å². The molecule has 3 rings (SSSR count). The van der Waals surface area contributed by atoms with Gasteiger partial charge in [0.1, 0.15) is 10.6 Å². The first-order valence-electron chi connectivity index (χ1n) is 8.44. The van der Waals surface area contributed by atoms with E-state index in [1.54, 1.807) is 15.5 Å². The van der Waals surface area contributed by atoms with Crippen LogP contribution in [0, 0.1) is 0 Å². The van der Waals surface area contributed by atoms with Crippen molar-refractivity contribution in [2.45, 2.75) is 44.7 Å². The van der Waals surface area contributed by atoms with E-state index in [0.29, 0.717) is 24.5 Å². The van der Waals surface area contributed by atoms with Crippen LogP contribution in [0.15, 0.2) is 41.4 Å². The second kappa shape index (κ2) is 6.55. The molecule has 0 radical (unpaired) electrons. The highest BCUT2D eigenvalue weighted by atomic mass is 32.2. The van der Waals surface area contributed by atoms with E-state index in [0.717, 1.165) is 12.0 Å². The highest BCUT2D eigenvalue weighted by molar-refractivity contribution is 7.92. The predicted octanol–water partition coefficient (Wildman–Crippen LogP) is 2.72. The number of benzene rings is 1. The first-order chi connectivity index (χ1) is 11.8. The average Bonchev–Trinajstić information content (AvgIpc) is 3.01. The molecule has 1 aliphatic rings. The summed E-state index contributed by atoms with van der Waals surface area (Å²) in [5.41, 5.74) is 2.00. The number of nitrogens with zero attached hydrogens (tertiary/aromatic N) is 2. The number of fused-ring (bicyclic) bond motifs is 1. The molecule has 1 aliphatic heterocycles. The van der Waals surface area contributed by atoms with Gasteiger partial charge in [-0.2, -0.15) is 0 Å². The molecule has 2 aromatic rings. The Morgan fingerprint density at radius 1 is 1.20 bits per heavy atom. The lowest BCUT2D eigenvalue weighted by atomic mass is 10.1. The molecule has 0 atom stereocenters. The Balaban J connectivity index is 1.89. The van der Waals surface area contributed by atoms with Crippen molar-refractivity contribution >= 4 is 21.6 Å². The van der Waals surface area contributed by atoms with E-state index in [1.165, 1.54) is 12.3 Å². The summed E-state index contributed by atoms with van der Waals surface area (Å²) in [7, 11) is -3.74. The van der Waals surface area contributed by atoms with Crippen LogP contribution in [0.5, 0.6) is 0 Å². The second-order valence-electron chi connectivity index (χ2n) is 6.51. The first-order valence-corrected chi connectivity index (χ1v) is 9.93. The molecule has 7 heteroatoms. The maximum atomic E-state index is 12.7. The average molecular weight is 361 g/mol. The molecule has 0 saturated heterocycles. The third kappa shape index (κ3) is 3.42.